The van der Waals surface area contributed by atoms with Crippen LogP contribution in [0.2, 0.25) is 0 Å². The number of thiocarbonyl (C=S) groups is 1. The average molecular weight is 305 g/mol. The summed E-state index contributed by atoms with van der Waals surface area (Å²) in [5.74, 6) is -0.667. The van der Waals surface area contributed by atoms with Gasteiger partial charge in [-0.05, 0) is 26.0 Å². The number of hydrogen-bond acceptors (Lipinski definition) is 3. The molecule has 1 aromatic rings. The first kappa shape index (κ1) is 15.8. The molecule has 0 heterocycles. The number of hydrogen-bond donors (Lipinski definition) is 2. The van der Waals surface area contributed by atoms with Crippen LogP contribution in [0.1, 0.15) is 19.4 Å². The third-order valence-electron chi connectivity index (χ3n) is 2.61. The smallest absolute Gasteiger partial charge is 0.301 e. The molecule has 0 aromatic heterocycles. The first-order chi connectivity index (χ1) is 8.66. The Morgan fingerprint density at radius 2 is 2.05 bits per heavy atom. The lowest BCUT2D eigenvalue weighted by molar-refractivity contribution is 0.414. The molecule has 19 heavy (non-hydrogen) atoms. The minimum absolute atomic E-state index is 0.0278. The van der Waals surface area contributed by atoms with Gasteiger partial charge in [-0.15, -0.1) is 0 Å². The van der Waals surface area contributed by atoms with Gasteiger partial charge in [-0.3, -0.25) is 4.72 Å². The van der Waals surface area contributed by atoms with Crippen molar-refractivity contribution in [3.63, 3.8) is 0 Å². The molecule has 0 bridgehead atoms. The van der Waals surface area contributed by atoms with Crippen LogP contribution >= 0.6 is 12.2 Å². The van der Waals surface area contributed by atoms with Crippen molar-refractivity contribution in [1.29, 1.82) is 0 Å². The highest BCUT2D eigenvalue weighted by Crippen LogP contribution is 2.21. The van der Waals surface area contributed by atoms with E-state index < -0.39 is 16.0 Å². The molecule has 0 aliphatic rings. The first-order valence-electron chi connectivity index (χ1n) is 5.51. The molecule has 1 rings (SSSR count). The molecule has 5 nitrogen and oxygen atoms in total. The molecule has 8 heteroatoms. The lowest BCUT2D eigenvalue weighted by Crippen LogP contribution is -2.37. The molecular weight excluding hydrogens is 289 g/mol. The zero-order chi connectivity index (χ0) is 14.8. The van der Waals surface area contributed by atoms with E-state index in [-0.39, 0.29) is 22.3 Å². The fraction of sp³-hybridized carbons (Fsp3) is 0.364. The summed E-state index contributed by atoms with van der Waals surface area (Å²) in [6.45, 7) is 3.44. The molecule has 0 atom stereocenters. The van der Waals surface area contributed by atoms with Gasteiger partial charge < -0.3 is 5.73 Å². The summed E-state index contributed by atoms with van der Waals surface area (Å²) < 4.78 is 41.1. The van der Waals surface area contributed by atoms with Crippen LogP contribution in [0.5, 0.6) is 0 Å². The maximum absolute atomic E-state index is 13.6. The first-order valence-corrected chi connectivity index (χ1v) is 7.35. The van der Waals surface area contributed by atoms with Crippen LogP contribution in [0.15, 0.2) is 18.2 Å². The minimum atomic E-state index is -3.78. The van der Waals surface area contributed by atoms with Crippen LogP contribution < -0.4 is 10.5 Å². The van der Waals surface area contributed by atoms with Crippen molar-refractivity contribution < 1.29 is 12.8 Å². The van der Waals surface area contributed by atoms with Crippen molar-refractivity contribution in [3.05, 3.63) is 29.6 Å². The minimum Gasteiger partial charge on any atom is -0.389 e. The van der Waals surface area contributed by atoms with Gasteiger partial charge in [0.25, 0.3) is 0 Å². The van der Waals surface area contributed by atoms with Crippen molar-refractivity contribution in [1.82, 2.24) is 4.31 Å². The summed E-state index contributed by atoms with van der Waals surface area (Å²) in [7, 11) is -2.36. The Hall–Kier alpha value is -1.25. The largest absolute Gasteiger partial charge is 0.389 e. The molecule has 3 N–H and O–H groups in total. The number of benzene rings is 1. The van der Waals surface area contributed by atoms with Gasteiger partial charge in [-0.2, -0.15) is 12.7 Å². The van der Waals surface area contributed by atoms with Crippen LogP contribution in [0.25, 0.3) is 0 Å². The SMILES string of the molecule is CC(C)N(C)S(=O)(=O)Nc1cccc(F)c1C(N)=S. The van der Waals surface area contributed by atoms with E-state index in [2.05, 4.69) is 4.72 Å². The molecule has 0 unspecified atom stereocenters. The number of rotatable bonds is 5. The van der Waals surface area contributed by atoms with Gasteiger partial charge in [0.1, 0.15) is 10.8 Å². The van der Waals surface area contributed by atoms with E-state index >= 15 is 0 Å². The molecular formula is C11H16FN3O2S2. The Morgan fingerprint density at radius 1 is 1.47 bits per heavy atom. The highest BCUT2D eigenvalue weighted by molar-refractivity contribution is 7.90. The van der Waals surface area contributed by atoms with Crippen LogP contribution in [-0.2, 0) is 10.2 Å². The molecule has 0 saturated carbocycles. The molecule has 0 fully saturated rings. The van der Waals surface area contributed by atoms with Crippen LogP contribution in [0.4, 0.5) is 10.1 Å². The van der Waals surface area contributed by atoms with E-state index in [1.54, 1.807) is 13.8 Å². The topological polar surface area (TPSA) is 75.4 Å². The van der Waals surface area contributed by atoms with Gasteiger partial charge in [0, 0.05) is 13.1 Å². The Balaban J connectivity index is 3.21. The molecule has 106 valence electrons. The molecule has 0 aliphatic carbocycles. The normalized spacial score (nSPS) is 11.9. The van der Waals surface area contributed by atoms with Crippen molar-refractivity contribution >= 4 is 33.1 Å². The number of anilines is 1. The maximum Gasteiger partial charge on any atom is 0.301 e. The number of nitrogens with one attached hydrogen (secondary N) is 1. The van der Waals surface area contributed by atoms with Crippen LogP contribution in [0, 0.1) is 5.82 Å². The summed E-state index contributed by atoms with van der Waals surface area (Å²) in [6, 6.07) is 3.71. The lowest BCUT2D eigenvalue weighted by Gasteiger charge is -2.22. The van der Waals surface area contributed by atoms with Gasteiger partial charge >= 0.3 is 10.2 Å². The average Bonchev–Trinajstić information content (AvgIpc) is 2.26. The lowest BCUT2D eigenvalue weighted by atomic mass is 10.2. The van der Waals surface area contributed by atoms with Crippen molar-refractivity contribution in [2.75, 3.05) is 11.8 Å². The molecule has 0 amide bonds. The number of nitrogens with two attached hydrogens (primary N) is 1. The van der Waals surface area contributed by atoms with E-state index in [9.17, 15) is 12.8 Å². The second kappa shape index (κ2) is 5.81. The zero-order valence-corrected chi connectivity index (χ0v) is 12.5. The third kappa shape index (κ3) is 3.62. The molecule has 0 aliphatic heterocycles. The maximum atomic E-state index is 13.6. The molecule has 0 spiro atoms. The van der Waals surface area contributed by atoms with E-state index in [4.69, 9.17) is 18.0 Å². The van der Waals surface area contributed by atoms with Gasteiger partial charge in [0.15, 0.2) is 0 Å². The van der Waals surface area contributed by atoms with Gasteiger partial charge in [-0.1, -0.05) is 18.3 Å². The quantitative estimate of drug-likeness (QED) is 0.808. The highest BCUT2D eigenvalue weighted by Gasteiger charge is 2.22. The zero-order valence-electron chi connectivity index (χ0n) is 10.8. The Bertz CT molecular complexity index is 588. The summed E-state index contributed by atoms with van der Waals surface area (Å²) in [6.07, 6.45) is 0. The fourth-order valence-corrected chi connectivity index (χ4v) is 2.70. The number of halogens is 1. The molecule has 0 saturated heterocycles. The standard InChI is InChI=1S/C11H16FN3O2S2/c1-7(2)15(3)19(16,17)14-9-6-4-5-8(12)10(9)11(13)18/h4-7,14H,1-3H3,(H2,13,18). The van der Waals surface area contributed by atoms with E-state index in [1.807, 2.05) is 0 Å². The summed E-state index contributed by atoms with van der Waals surface area (Å²) in [5, 5.41) is 0. The highest BCUT2D eigenvalue weighted by atomic mass is 32.2. The predicted octanol–water partition coefficient (Wildman–Crippen LogP) is 1.46. The van der Waals surface area contributed by atoms with Gasteiger partial charge in [0.05, 0.1) is 11.3 Å². The third-order valence-corrected chi connectivity index (χ3v) is 4.47. The van der Waals surface area contributed by atoms with Gasteiger partial charge in [-0.25, -0.2) is 4.39 Å². The molecule has 0 radical (unpaired) electrons. The number of nitrogens with zero attached hydrogens (tertiary/aromatic N) is 1. The Kier molecular flexibility index (Phi) is 4.83. The fourth-order valence-electron chi connectivity index (χ4n) is 1.35. The second-order valence-electron chi connectivity index (χ2n) is 4.24. The van der Waals surface area contributed by atoms with E-state index in [0.717, 1.165) is 4.31 Å². The van der Waals surface area contributed by atoms with E-state index in [0.29, 0.717) is 0 Å². The van der Waals surface area contributed by atoms with Crippen LogP contribution in [0.3, 0.4) is 0 Å². The summed E-state index contributed by atoms with van der Waals surface area (Å²) in [5.41, 5.74) is 5.33. The van der Waals surface area contributed by atoms with Crippen molar-refractivity contribution in [2.45, 2.75) is 19.9 Å². The molecule has 1 aromatic carbocycles. The summed E-state index contributed by atoms with van der Waals surface area (Å²) in [4.78, 5) is -0.206. The second-order valence-corrected chi connectivity index (χ2v) is 6.41. The Morgan fingerprint density at radius 3 is 2.53 bits per heavy atom. The van der Waals surface area contributed by atoms with Crippen molar-refractivity contribution in [2.24, 2.45) is 5.73 Å². The van der Waals surface area contributed by atoms with Gasteiger partial charge in [0.2, 0.25) is 0 Å². The monoisotopic (exact) mass is 305 g/mol. The van der Waals surface area contributed by atoms with Crippen molar-refractivity contribution in [3.8, 4) is 0 Å². The Labute approximate surface area is 117 Å². The van der Waals surface area contributed by atoms with Crippen LogP contribution in [-0.4, -0.2) is 30.8 Å². The predicted molar refractivity (Wildman–Crippen MR) is 77.7 cm³/mol. The van der Waals surface area contributed by atoms with E-state index in [1.165, 1.54) is 25.2 Å². The summed E-state index contributed by atoms with van der Waals surface area (Å²) >= 11 is 4.73.